The first-order chi connectivity index (χ1) is 10.0. The molecule has 0 aliphatic carbocycles. The van der Waals surface area contributed by atoms with Crippen LogP contribution in [0.25, 0.3) is 0 Å². The normalized spacial score (nSPS) is 12.9. The number of furan rings is 1. The average Bonchev–Trinajstić information content (AvgIpc) is 2.99. The van der Waals surface area contributed by atoms with Crippen molar-refractivity contribution in [3.05, 3.63) is 60.1 Å². The van der Waals surface area contributed by atoms with Crippen LogP contribution < -0.4 is 5.32 Å². The van der Waals surface area contributed by atoms with E-state index in [1.807, 2.05) is 44.2 Å². The van der Waals surface area contributed by atoms with Gasteiger partial charge < -0.3 is 14.8 Å². The predicted octanol–water partition coefficient (Wildman–Crippen LogP) is 2.70. The molecule has 0 bridgehead atoms. The Balaban J connectivity index is 2.04. The molecule has 1 aromatic heterocycles. The summed E-state index contributed by atoms with van der Waals surface area (Å²) in [4.78, 5) is 12.5. The average molecular weight is 287 g/mol. The molecule has 2 N–H and O–H groups in total. The molecule has 1 unspecified atom stereocenters. The van der Waals surface area contributed by atoms with Crippen LogP contribution in [0.4, 0.5) is 0 Å². The van der Waals surface area contributed by atoms with Crippen molar-refractivity contribution in [3.8, 4) is 0 Å². The van der Waals surface area contributed by atoms with Crippen molar-refractivity contribution >= 4 is 5.91 Å². The first-order valence-corrected chi connectivity index (χ1v) is 7.02. The Kier molecular flexibility index (Phi) is 4.81. The van der Waals surface area contributed by atoms with Gasteiger partial charge >= 0.3 is 0 Å². The largest absolute Gasteiger partial charge is 0.467 e. The van der Waals surface area contributed by atoms with E-state index in [9.17, 15) is 9.90 Å². The minimum atomic E-state index is -0.568. The second kappa shape index (κ2) is 6.59. The molecule has 0 aliphatic heterocycles. The number of amides is 1. The van der Waals surface area contributed by atoms with Gasteiger partial charge in [-0.3, -0.25) is 4.79 Å². The zero-order valence-corrected chi connectivity index (χ0v) is 12.4. The molecule has 0 radical (unpaired) electrons. The SMILES string of the molecule is CC(C)(Cc1ccccc1)C(=O)NC(CO)c1ccco1. The van der Waals surface area contributed by atoms with Crippen LogP contribution in [0.3, 0.4) is 0 Å². The molecule has 1 atom stereocenters. The molecular formula is C17H21NO3. The van der Waals surface area contributed by atoms with Gasteiger partial charge in [-0.15, -0.1) is 0 Å². The molecule has 0 spiro atoms. The summed E-state index contributed by atoms with van der Waals surface area (Å²) in [6, 6.07) is 12.9. The number of carbonyl (C=O) groups is 1. The fourth-order valence-corrected chi connectivity index (χ4v) is 2.24. The van der Waals surface area contributed by atoms with Gasteiger partial charge in [-0.05, 0) is 24.1 Å². The smallest absolute Gasteiger partial charge is 0.226 e. The van der Waals surface area contributed by atoms with E-state index in [4.69, 9.17) is 4.42 Å². The molecule has 4 heteroatoms. The third kappa shape index (κ3) is 3.95. The Morgan fingerprint density at radius 2 is 1.95 bits per heavy atom. The van der Waals surface area contributed by atoms with Crippen molar-refractivity contribution in [1.29, 1.82) is 0 Å². The standard InChI is InChI=1S/C17H21NO3/c1-17(2,11-13-7-4-3-5-8-13)16(20)18-14(12-19)15-9-6-10-21-15/h3-10,14,19H,11-12H2,1-2H3,(H,18,20). The zero-order chi connectivity index (χ0) is 15.3. The highest BCUT2D eigenvalue weighted by atomic mass is 16.3. The molecule has 21 heavy (non-hydrogen) atoms. The first kappa shape index (κ1) is 15.3. The summed E-state index contributed by atoms with van der Waals surface area (Å²) < 4.78 is 5.24. The quantitative estimate of drug-likeness (QED) is 0.858. The Morgan fingerprint density at radius 3 is 2.52 bits per heavy atom. The number of nitrogens with one attached hydrogen (secondary N) is 1. The number of aliphatic hydroxyl groups is 1. The number of hydrogen-bond donors (Lipinski definition) is 2. The highest BCUT2D eigenvalue weighted by molar-refractivity contribution is 5.82. The van der Waals surface area contributed by atoms with Crippen LogP contribution in [0.5, 0.6) is 0 Å². The summed E-state index contributed by atoms with van der Waals surface area (Å²) in [6.45, 7) is 3.60. The molecule has 0 saturated carbocycles. The fraction of sp³-hybridized carbons (Fsp3) is 0.353. The number of rotatable bonds is 6. The second-order valence-electron chi connectivity index (χ2n) is 5.77. The van der Waals surface area contributed by atoms with E-state index in [1.54, 1.807) is 12.1 Å². The van der Waals surface area contributed by atoms with Gasteiger partial charge in [-0.2, -0.15) is 0 Å². The van der Waals surface area contributed by atoms with Gasteiger partial charge in [0.15, 0.2) is 0 Å². The van der Waals surface area contributed by atoms with Crippen molar-refractivity contribution in [1.82, 2.24) is 5.32 Å². The van der Waals surface area contributed by atoms with E-state index >= 15 is 0 Å². The monoisotopic (exact) mass is 287 g/mol. The van der Waals surface area contributed by atoms with Crippen LogP contribution in [-0.4, -0.2) is 17.6 Å². The minimum Gasteiger partial charge on any atom is -0.467 e. The molecule has 2 rings (SSSR count). The van der Waals surface area contributed by atoms with Crippen molar-refractivity contribution in [2.24, 2.45) is 5.41 Å². The highest BCUT2D eigenvalue weighted by Gasteiger charge is 2.30. The van der Waals surface area contributed by atoms with Gasteiger partial charge in [0, 0.05) is 5.41 Å². The molecule has 0 aliphatic rings. The summed E-state index contributed by atoms with van der Waals surface area (Å²) in [5, 5.41) is 12.3. The summed E-state index contributed by atoms with van der Waals surface area (Å²) in [5.41, 5.74) is 0.540. The minimum absolute atomic E-state index is 0.109. The third-order valence-electron chi connectivity index (χ3n) is 3.48. The molecular weight excluding hydrogens is 266 g/mol. The maximum atomic E-state index is 12.5. The van der Waals surface area contributed by atoms with Crippen LogP contribution in [0.15, 0.2) is 53.1 Å². The molecule has 2 aromatic rings. The van der Waals surface area contributed by atoms with Crippen LogP contribution in [-0.2, 0) is 11.2 Å². The number of carbonyl (C=O) groups excluding carboxylic acids is 1. The number of aliphatic hydroxyl groups excluding tert-OH is 1. The maximum absolute atomic E-state index is 12.5. The van der Waals surface area contributed by atoms with Crippen molar-refractivity contribution < 1.29 is 14.3 Å². The van der Waals surface area contributed by atoms with E-state index in [-0.39, 0.29) is 12.5 Å². The van der Waals surface area contributed by atoms with Crippen LogP contribution >= 0.6 is 0 Å². The Morgan fingerprint density at radius 1 is 1.24 bits per heavy atom. The topological polar surface area (TPSA) is 62.5 Å². The van der Waals surface area contributed by atoms with E-state index < -0.39 is 11.5 Å². The summed E-state index contributed by atoms with van der Waals surface area (Å²) in [6.07, 6.45) is 2.16. The van der Waals surface area contributed by atoms with Crippen LogP contribution in [0, 0.1) is 5.41 Å². The Hall–Kier alpha value is -2.07. The van der Waals surface area contributed by atoms with Crippen LogP contribution in [0.2, 0.25) is 0 Å². The summed E-state index contributed by atoms with van der Waals surface area (Å²) >= 11 is 0. The van der Waals surface area contributed by atoms with Gasteiger partial charge in [0.25, 0.3) is 0 Å². The van der Waals surface area contributed by atoms with Gasteiger partial charge in [0.05, 0.1) is 12.9 Å². The number of hydrogen-bond acceptors (Lipinski definition) is 3. The van der Waals surface area contributed by atoms with E-state index in [1.165, 1.54) is 6.26 Å². The van der Waals surface area contributed by atoms with Crippen LogP contribution in [0.1, 0.15) is 31.2 Å². The second-order valence-corrected chi connectivity index (χ2v) is 5.77. The van der Waals surface area contributed by atoms with E-state index in [0.29, 0.717) is 12.2 Å². The lowest BCUT2D eigenvalue weighted by atomic mass is 9.84. The maximum Gasteiger partial charge on any atom is 0.226 e. The Bertz CT molecular complexity index is 561. The lowest BCUT2D eigenvalue weighted by molar-refractivity contribution is -0.130. The van der Waals surface area contributed by atoms with Gasteiger partial charge in [-0.25, -0.2) is 0 Å². The third-order valence-corrected chi connectivity index (χ3v) is 3.48. The van der Waals surface area contributed by atoms with Gasteiger partial charge in [0.1, 0.15) is 11.8 Å². The molecule has 112 valence electrons. The molecule has 0 fully saturated rings. The zero-order valence-electron chi connectivity index (χ0n) is 12.4. The first-order valence-electron chi connectivity index (χ1n) is 7.02. The molecule has 4 nitrogen and oxygen atoms in total. The lowest BCUT2D eigenvalue weighted by Gasteiger charge is -2.26. The molecule has 1 aromatic carbocycles. The van der Waals surface area contributed by atoms with Crippen molar-refractivity contribution in [2.75, 3.05) is 6.61 Å². The molecule has 0 saturated heterocycles. The van der Waals surface area contributed by atoms with Gasteiger partial charge in [0.2, 0.25) is 5.91 Å². The lowest BCUT2D eigenvalue weighted by Crippen LogP contribution is -2.41. The van der Waals surface area contributed by atoms with E-state index in [0.717, 1.165) is 5.56 Å². The van der Waals surface area contributed by atoms with Crippen molar-refractivity contribution in [3.63, 3.8) is 0 Å². The summed E-state index contributed by atoms with van der Waals surface area (Å²) in [7, 11) is 0. The summed E-state index contributed by atoms with van der Waals surface area (Å²) in [5.74, 6) is 0.447. The fourth-order valence-electron chi connectivity index (χ4n) is 2.24. The molecule has 1 amide bonds. The predicted molar refractivity (Wildman–Crippen MR) is 80.6 cm³/mol. The molecule has 1 heterocycles. The number of benzene rings is 1. The van der Waals surface area contributed by atoms with E-state index in [2.05, 4.69) is 5.32 Å². The Labute approximate surface area is 124 Å². The highest BCUT2D eigenvalue weighted by Crippen LogP contribution is 2.24. The van der Waals surface area contributed by atoms with Crippen molar-refractivity contribution in [2.45, 2.75) is 26.3 Å². The van der Waals surface area contributed by atoms with Gasteiger partial charge in [-0.1, -0.05) is 44.2 Å².